The van der Waals surface area contributed by atoms with E-state index in [1.54, 1.807) is 29.4 Å². The molecule has 0 atom stereocenters. The molecular weight excluding hydrogens is 316 g/mol. The topological polar surface area (TPSA) is 68.8 Å². The Balaban J connectivity index is 1.45. The van der Waals surface area contributed by atoms with E-state index >= 15 is 0 Å². The summed E-state index contributed by atoms with van der Waals surface area (Å²) in [4.78, 5) is 27.0. The fourth-order valence-corrected chi connectivity index (χ4v) is 3.25. The first-order valence-electron chi connectivity index (χ1n) is 8.32. The highest BCUT2D eigenvalue weighted by atomic mass is 16.2. The Labute approximate surface area is 146 Å². The van der Waals surface area contributed by atoms with Crippen LogP contribution in [-0.2, 0) is 13.6 Å². The molecule has 128 valence electrons. The molecule has 1 saturated heterocycles. The van der Waals surface area contributed by atoms with Crippen molar-refractivity contribution < 1.29 is 4.79 Å². The number of carbonyl (C=O) groups is 1. The molecule has 1 aliphatic rings. The molecule has 0 saturated carbocycles. The van der Waals surface area contributed by atoms with Gasteiger partial charge >= 0.3 is 0 Å². The van der Waals surface area contributed by atoms with Gasteiger partial charge in [-0.2, -0.15) is 0 Å². The molecule has 0 unspecified atom stereocenters. The molecule has 0 N–H and O–H groups in total. The van der Waals surface area contributed by atoms with Gasteiger partial charge in [0.1, 0.15) is 5.82 Å². The first-order chi connectivity index (χ1) is 12.1. The zero-order valence-electron chi connectivity index (χ0n) is 14.3. The number of aryl methyl sites for hydroxylation is 2. The Bertz CT molecular complexity index is 891. The van der Waals surface area contributed by atoms with E-state index in [-0.39, 0.29) is 5.91 Å². The number of rotatable bonds is 4. The molecule has 0 bridgehead atoms. The minimum absolute atomic E-state index is 0.000426. The Kier molecular flexibility index (Phi) is 3.83. The lowest BCUT2D eigenvalue weighted by Crippen LogP contribution is -2.52. The van der Waals surface area contributed by atoms with Crippen molar-refractivity contribution in [2.24, 2.45) is 13.0 Å². The first-order valence-corrected chi connectivity index (χ1v) is 8.32. The summed E-state index contributed by atoms with van der Waals surface area (Å²) in [6, 6.07) is 3.94. The van der Waals surface area contributed by atoms with E-state index in [1.165, 1.54) is 0 Å². The van der Waals surface area contributed by atoms with E-state index in [0.29, 0.717) is 11.7 Å². The largest absolute Gasteiger partial charge is 0.335 e. The second-order valence-corrected chi connectivity index (χ2v) is 6.51. The number of pyridine rings is 1. The van der Waals surface area contributed by atoms with Gasteiger partial charge in [0.05, 0.1) is 0 Å². The van der Waals surface area contributed by atoms with Crippen molar-refractivity contribution in [1.82, 2.24) is 29.0 Å². The van der Waals surface area contributed by atoms with E-state index in [2.05, 4.69) is 26.4 Å². The summed E-state index contributed by atoms with van der Waals surface area (Å²) in [6.07, 6.45) is 8.90. The molecule has 1 amide bonds. The Hall–Kier alpha value is -2.96. The summed E-state index contributed by atoms with van der Waals surface area (Å²) in [6.45, 7) is 4.42. The van der Waals surface area contributed by atoms with Crippen LogP contribution in [0.4, 0.5) is 0 Å². The predicted molar refractivity (Wildman–Crippen MR) is 92.8 cm³/mol. The number of amides is 1. The number of aromatic nitrogens is 5. The highest BCUT2D eigenvalue weighted by molar-refractivity contribution is 5.91. The molecule has 0 spiro atoms. The van der Waals surface area contributed by atoms with Crippen LogP contribution in [0.1, 0.15) is 16.3 Å². The fourth-order valence-electron chi connectivity index (χ4n) is 3.25. The van der Waals surface area contributed by atoms with Gasteiger partial charge in [-0.1, -0.05) is 0 Å². The summed E-state index contributed by atoms with van der Waals surface area (Å²) in [5, 5.41) is 0. The number of hydrogen-bond acceptors (Lipinski definition) is 4. The van der Waals surface area contributed by atoms with Crippen LogP contribution >= 0.6 is 0 Å². The van der Waals surface area contributed by atoms with Gasteiger partial charge in [-0.25, -0.2) is 9.97 Å². The molecule has 0 radical (unpaired) electrons. The van der Waals surface area contributed by atoms with Gasteiger partial charge in [-0.05, 0) is 19.1 Å². The van der Waals surface area contributed by atoms with E-state index < -0.39 is 0 Å². The smallest absolute Gasteiger partial charge is 0.289 e. The summed E-state index contributed by atoms with van der Waals surface area (Å²) in [5.41, 5.74) is 2.18. The van der Waals surface area contributed by atoms with Crippen LogP contribution in [0.25, 0.3) is 11.4 Å². The maximum atomic E-state index is 12.4. The lowest BCUT2D eigenvalue weighted by Gasteiger charge is -2.39. The first kappa shape index (κ1) is 15.6. The van der Waals surface area contributed by atoms with E-state index in [1.807, 2.05) is 30.3 Å². The molecule has 25 heavy (non-hydrogen) atoms. The molecule has 3 aromatic heterocycles. The van der Waals surface area contributed by atoms with Gasteiger partial charge in [0, 0.05) is 74.8 Å². The van der Waals surface area contributed by atoms with Crippen LogP contribution in [0.3, 0.4) is 0 Å². The third kappa shape index (κ3) is 2.82. The average molecular weight is 336 g/mol. The third-order valence-corrected chi connectivity index (χ3v) is 4.69. The second kappa shape index (κ2) is 6.16. The van der Waals surface area contributed by atoms with Gasteiger partial charge in [-0.3, -0.25) is 9.78 Å². The molecule has 4 rings (SSSR count). The number of imidazole rings is 2. The quantitative estimate of drug-likeness (QED) is 0.728. The molecule has 7 heteroatoms. The molecule has 0 aromatic carbocycles. The minimum Gasteiger partial charge on any atom is -0.335 e. The van der Waals surface area contributed by atoms with Crippen LogP contribution in [0.5, 0.6) is 0 Å². The molecular formula is C18H20N6O. The molecule has 1 fully saturated rings. The van der Waals surface area contributed by atoms with Crippen molar-refractivity contribution in [3.05, 3.63) is 54.6 Å². The monoisotopic (exact) mass is 336 g/mol. The van der Waals surface area contributed by atoms with Crippen molar-refractivity contribution in [3.63, 3.8) is 0 Å². The van der Waals surface area contributed by atoms with Crippen molar-refractivity contribution in [1.29, 1.82) is 0 Å². The summed E-state index contributed by atoms with van der Waals surface area (Å²) in [7, 11) is 1.84. The van der Waals surface area contributed by atoms with Crippen LogP contribution in [0.15, 0.2) is 43.1 Å². The normalized spacial score (nSPS) is 14.6. The van der Waals surface area contributed by atoms with E-state index in [9.17, 15) is 4.79 Å². The lowest BCUT2D eigenvalue weighted by molar-refractivity contribution is 0.0453. The number of carbonyl (C=O) groups excluding carboxylic acids is 1. The number of hydrogen-bond donors (Lipinski definition) is 0. The third-order valence-electron chi connectivity index (χ3n) is 4.69. The van der Waals surface area contributed by atoms with Gasteiger partial charge < -0.3 is 14.0 Å². The van der Waals surface area contributed by atoms with Crippen molar-refractivity contribution in [2.45, 2.75) is 13.5 Å². The number of likely N-dealkylation sites (tertiary alicyclic amines) is 1. The zero-order chi connectivity index (χ0) is 17.4. The van der Waals surface area contributed by atoms with E-state index in [0.717, 1.165) is 36.7 Å². The Morgan fingerprint density at radius 2 is 1.96 bits per heavy atom. The molecule has 0 aliphatic carbocycles. The highest BCUT2D eigenvalue weighted by Gasteiger charge is 2.33. The second-order valence-electron chi connectivity index (χ2n) is 6.51. The molecule has 4 heterocycles. The van der Waals surface area contributed by atoms with Crippen molar-refractivity contribution >= 4 is 5.91 Å². The van der Waals surface area contributed by atoms with Gasteiger partial charge in [-0.15, -0.1) is 0 Å². The maximum Gasteiger partial charge on any atom is 0.289 e. The lowest BCUT2D eigenvalue weighted by atomic mass is 9.99. The Morgan fingerprint density at radius 3 is 2.64 bits per heavy atom. The predicted octanol–water partition coefficient (Wildman–Crippen LogP) is 1.76. The summed E-state index contributed by atoms with van der Waals surface area (Å²) in [5.74, 6) is 1.88. The van der Waals surface area contributed by atoms with Crippen LogP contribution in [0, 0.1) is 12.8 Å². The number of nitrogens with zero attached hydrogens (tertiary/aromatic N) is 6. The summed E-state index contributed by atoms with van der Waals surface area (Å²) < 4.78 is 3.99. The van der Waals surface area contributed by atoms with Crippen LogP contribution in [0.2, 0.25) is 0 Å². The molecule has 1 aliphatic heterocycles. The van der Waals surface area contributed by atoms with Crippen molar-refractivity contribution in [2.75, 3.05) is 13.1 Å². The molecule has 7 nitrogen and oxygen atoms in total. The summed E-state index contributed by atoms with van der Waals surface area (Å²) >= 11 is 0. The maximum absolute atomic E-state index is 12.4. The minimum atomic E-state index is 0.000426. The zero-order valence-corrected chi connectivity index (χ0v) is 14.3. The standard InChI is InChI=1S/C18H20N6O/c1-13-9-21-16(15-3-5-19-6-4-15)24(13)12-14-10-23(11-14)18(25)17-20-7-8-22(17)2/h3-9,14H,10-12H2,1-2H3. The van der Waals surface area contributed by atoms with Crippen molar-refractivity contribution in [3.8, 4) is 11.4 Å². The van der Waals surface area contributed by atoms with Crippen LogP contribution < -0.4 is 0 Å². The van der Waals surface area contributed by atoms with Gasteiger partial charge in [0.25, 0.3) is 5.91 Å². The highest BCUT2D eigenvalue weighted by Crippen LogP contribution is 2.24. The van der Waals surface area contributed by atoms with Crippen LogP contribution in [-0.4, -0.2) is 48.0 Å². The van der Waals surface area contributed by atoms with E-state index in [4.69, 9.17) is 0 Å². The SMILES string of the molecule is Cc1cnc(-c2ccncc2)n1CC1CN(C(=O)c2nccn2C)C1. The average Bonchev–Trinajstić information content (AvgIpc) is 3.17. The Morgan fingerprint density at radius 1 is 1.20 bits per heavy atom. The van der Waals surface area contributed by atoms with Gasteiger partial charge in [0.2, 0.25) is 0 Å². The molecule has 3 aromatic rings. The van der Waals surface area contributed by atoms with Gasteiger partial charge in [0.15, 0.2) is 5.82 Å². The fraction of sp³-hybridized carbons (Fsp3) is 0.333.